The molecule has 1 fully saturated rings. The summed E-state index contributed by atoms with van der Waals surface area (Å²) in [4.78, 5) is 28.0. The van der Waals surface area contributed by atoms with Crippen molar-refractivity contribution in [3.63, 3.8) is 0 Å². The van der Waals surface area contributed by atoms with Gasteiger partial charge in [0, 0.05) is 29.1 Å². The minimum Gasteiger partial charge on any atom is -0.394 e. The quantitative estimate of drug-likeness (QED) is 0.370. The minimum atomic E-state index is -1.09. The summed E-state index contributed by atoms with van der Waals surface area (Å²) >= 11 is 0. The number of ether oxygens (including phenoxy) is 1. The number of aliphatic hydroxyl groups is 2. The van der Waals surface area contributed by atoms with Crippen LogP contribution in [0.15, 0.2) is 20.9 Å². The van der Waals surface area contributed by atoms with Crippen LogP contribution in [-0.2, 0) is 4.74 Å². The molecule has 21 heavy (non-hydrogen) atoms. The zero-order valence-electron chi connectivity index (χ0n) is 11.2. The lowest BCUT2D eigenvalue weighted by Gasteiger charge is -2.20. The fourth-order valence-corrected chi connectivity index (χ4v) is 2.33. The second-order valence-electron chi connectivity index (χ2n) is 4.79. The molecule has 1 aliphatic rings. The van der Waals surface area contributed by atoms with Crippen LogP contribution in [0.5, 0.6) is 0 Å². The highest BCUT2D eigenvalue weighted by Crippen LogP contribution is 2.34. The number of aryl methyl sites for hydroxylation is 1. The van der Waals surface area contributed by atoms with E-state index in [9.17, 15) is 19.8 Å². The summed E-state index contributed by atoms with van der Waals surface area (Å²) in [5, 5.41) is 22.6. The molecule has 0 aromatic carbocycles. The first-order valence-electron chi connectivity index (χ1n) is 6.27. The molecule has 1 aliphatic heterocycles. The molecule has 0 bridgehead atoms. The molecule has 10 nitrogen and oxygen atoms in total. The van der Waals surface area contributed by atoms with Crippen molar-refractivity contribution in [1.82, 2.24) is 9.55 Å². The average molecular weight is 297 g/mol. The Labute approximate surface area is 118 Å². The van der Waals surface area contributed by atoms with Crippen molar-refractivity contribution in [3.05, 3.63) is 43.0 Å². The Kier molecular flexibility index (Phi) is 4.43. The largest absolute Gasteiger partial charge is 0.394 e. The second kappa shape index (κ2) is 6.10. The molecule has 3 N–H and O–H groups in total. The molecule has 0 saturated carbocycles. The number of hydrogen-bond donors (Lipinski definition) is 3. The Bertz CT molecular complexity index is 676. The van der Waals surface area contributed by atoms with Crippen molar-refractivity contribution in [1.29, 1.82) is 0 Å². The van der Waals surface area contributed by atoms with Gasteiger partial charge in [-0.1, -0.05) is 5.11 Å². The van der Waals surface area contributed by atoms with Gasteiger partial charge in [0.15, 0.2) is 0 Å². The monoisotopic (exact) mass is 297 g/mol. The number of hydrogen-bond acceptors (Lipinski definition) is 6. The van der Waals surface area contributed by atoms with Crippen LogP contribution in [-0.4, -0.2) is 45.1 Å². The van der Waals surface area contributed by atoms with E-state index in [0.29, 0.717) is 5.56 Å². The van der Waals surface area contributed by atoms with E-state index < -0.39 is 42.2 Å². The lowest BCUT2D eigenvalue weighted by atomic mass is 10.00. The zero-order valence-corrected chi connectivity index (χ0v) is 11.2. The first-order valence-corrected chi connectivity index (χ1v) is 6.27. The number of nitrogens with zero attached hydrogens (tertiary/aromatic N) is 4. The van der Waals surface area contributed by atoms with Gasteiger partial charge in [-0.05, 0) is 12.5 Å². The summed E-state index contributed by atoms with van der Waals surface area (Å²) in [6, 6.07) is 0. The van der Waals surface area contributed by atoms with Crippen molar-refractivity contribution in [2.24, 2.45) is 11.0 Å². The van der Waals surface area contributed by atoms with E-state index >= 15 is 0 Å². The maximum atomic E-state index is 11.9. The van der Waals surface area contributed by atoms with Gasteiger partial charge in [-0.2, -0.15) is 0 Å². The van der Waals surface area contributed by atoms with Crippen molar-refractivity contribution in [3.8, 4) is 0 Å². The minimum absolute atomic E-state index is 0.108. The smallest absolute Gasteiger partial charge is 0.330 e. The third-order valence-electron chi connectivity index (χ3n) is 3.46. The van der Waals surface area contributed by atoms with E-state index in [0.717, 1.165) is 4.57 Å². The predicted molar refractivity (Wildman–Crippen MR) is 70.6 cm³/mol. The van der Waals surface area contributed by atoms with Crippen molar-refractivity contribution < 1.29 is 14.9 Å². The van der Waals surface area contributed by atoms with Crippen molar-refractivity contribution in [2.75, 3.05) is 13.2 Å². The molecule has 10 heteroatoms. The highest BCUT2D eigenvalue weighted by Gasteiger charge is 2.44. The molecule has 114 valence electrons. The first kappa shape index (κ1) is 15.3. The standard InChI is InChI=1S/C11H15N5O5/c1-5-3-16(11(20)14-9(5)19)10-6(2-13-15-12)8(18)7(4-17)21-10/h3,6-8,10,17-18H,2,4H2,1H3,(H,14,19,20)/t6-,7-,8+,10-/m1/s1. The molecular weight excluding hydrogens is 282 g/mol. The molecule has 2 rings (SSSR count). The van der Waals surface area contributed by atoms with Gasteiger partial charge in [0.1, 0.15) is 12.3 Å². The lowest BCUT2D eigenvalue weighted by molar-refractivity contribution is -0.0479. The van der Waals surface area contributed by atoms with Crippen LogP contribution < -0.4 is 11.2 Å². The maximum absolute atomic E-state index is 11.9. The second-order valence-corrected chi connectivity index (χ2v) is 4.79. The molecule has 0 aliphatic carbocycles. The van der Waals surface area contributed by atoms with Gasteiger partial charge >= 0.3 is 5.69 Å². The summed E-state index contributed by atoms with van der Waals surface area (Å²) in [6.07, 6.45) is -1.62. The van der Waals surface area contributed by atoms with Crippen molar-refractivity contribution in [2.45, 2.75) is 25.4 Å². The Hall–Kier alpha value is -2.13. The Morgan fingerprint density at radius 1 is 1.57 bits per heavy atom. The number of aliphatic hydroxyl groups excluding tert-OH is 2. The molecule has 1 aromatic rings. The molecule has 1 saturated heterocycles. The van der Waals surface area contributed by atoms with E-state index in [1.165, 1.54) is 13.1 Å². The summed E-state index contributed by atoms with van der Waals surface area (Å²) < 4.78 is 6.57. The average Bonchev–Trinajstić information content (AvgIpc) is 2.77. The van der Waals surface area contributed by atoms with Gasteiger partial charge < -0.3 is 14.9 Å². The molecular formula is C11H15N5O5. The van der Waals surface area contributed by atoms with Gasteiger partial charge in [0.05, 0.1) is 12.7 Å². The van der Waals surface area contributed by atoms with Gasteiger partial charge in [-0.3, -0.25) is 14.3 Å². The van der Waals surface area contributed by atoms with Crippen LogP contribution in [0.4, 0.5) is 0 Å². The summed E-state index contributed by atoms with van der Waals surface area (Å²) in [6.45, 7) is 0.969. The van der Waals surface area contributed by atoms with Crippen LogP contribution in [0.2, 0.25) is 0 Å². The normalized spacial score (nSPS) is 28.3. The van der Waals surface area contributed by atoms with Crippen molar-refractivity contribution >= 4 is 0 Å². The number of aromatic amines is 1. The number of azide groups is 1. The Balaban J connectivity index is 2.44. The summed E-state index contributed by atoms with van der Waals surface area (Å²) in [7, 11) is 0. The maximum Gasteiger partial charge on any atom is 0.330 e. The van der Waals surface area contributed by atoms with Crippen LogP contribution in [0.25, 0.3) is 10.4 Å². The first-order chi connectivity index (χ1) is 9.99. The number of aromatic nitrogens is 2. The van der Waals surface area contributed by atoms with E-state index in [4.69, 9.17) is 10.3 Å². The highest BCUT2D eigenvalue weighted by atomic mass is 16.5. The Morgan fingerprint density at radius 3 is 2.90 bits per heavy atom. The van der Waals surface area contributed by atoms with Gasteiger partial charge in [0.25, 0.3) is 5.56 Å². The van der Waals surface area contributed by atoms with E-state index in [1.54, 1.807) is 0 Å². The number of H-pyrrole nitrogens is 1. The van der Waals surface area contributed by atoms with E-state index in [1.807, 2.05) is 0 Å². The molecule has 2 heterocycles. The molecule has 0 unspecified atom stereocenters. The molecule has 0 amide bonds. The highest BCUT2D eigenvalue weighted by molar-refractivity contribution is 5.03. The van der Waals surface area contributed by atoms with Crippen LogP contribution in [0.1, 0.15) is 11.8 Å². The van der Waals surface area contributed by atoms with Crippen LogP contribution in [0.3, 0.4) is 0 Å². The summed E-state index contributed by atoms with van der Waals surface area (Å²) in [5.74, 6) is -0.707. The SMILES string of the molecule is Cc1cn([C@@H]2O[C@H](CO)[C@@H](O)[C@H]2CN=[N+]=[N-])c(=O)[nH]c1=O. The fraction of sp³-hybridized carbons (Fsp3) is 0.636. The van der Waals surface area contributed by atoms with Gasteiger partial charge in [-0.15, -0.1) is 0 Å². The fourth-order valence-electron chi connectivity index (χ4n) is 2.33. The lowest BCUT2D eigenvalue weighted by Crippen LogP contribution is -2.37. The topological polar surface area (TPSA) is 153 Å². The van der Waals surface area contributed by atoms with E-state index in [-0.39, 0.29) is 6.54 Å². The summed E-state index contributed by atoms with van der Waals surface area (Å²) in [5.41, 5.74) is 7.48. The van der Waals surface area contributed by atoms with Gasteiger partial charge in [-0.25, -0.2) is 4.79 Å². The molecule has 0 spiro atoms. The zero-order chi connectivity index (χ0) is 15.6. The van der Waals surface area contributed by atoms with Gasteiger partial charge in [0.2, 0.25) is 0 Å². The van der Waals surface area contributed by atoms with Crippen LogP contribution >= 0.6 is 0 Å². The predicted octanol–water partition coefficient (Wildman–Crippen LogP) is -0.978. The number of nitrogens with one attached hydrogen (secondary N) is 1. The molecule has 4 atom stereocenters. The third-order valence-corrected chi connectivity index (χ3v) is 3.46. The third kappa shape index (κ3) is 2.83. The molecule has 0 radical (unpaired) electrons. The number of rotatable bonds is 4. The Morgan fingerprint density at radius 2 is 2.29 bits per heavy atom. The van der Waals surface area contributed by atoms with Crippen LogP contribution in [0, 0.1) is 12.8 Å². The molecule has 1 aromatic heterocycles. The van der Waals surface area contributed by atoms with E-state index in [2.05, 4.69) is 15.0 Å².